The van der Waals surface area contributed by atoms with Crippen molar-refractivity contribution >= 4 is 28.3 Å². The zero-order valence-electron chi connectivity index (χ0n) is 10.5. The minimum atomic E-state index is -0.327. The first kappa shape index (κ1) is 12.0. The number of nitrogens with zero attached hydrogens (tertiary/aromatic N) is 1. The van der Waals surface area contributed by atoms with Gasteiger partial charge in [-0.25, -0.2) is 9.36 Å². The zero-order valence-corrected chi connectivity index (χ0v) is 11.3. The summed E-state index contributed by atoms with van der Waals surface area (Å²) in [6.45, 7) is 2.18. The molecule has 3 nitrogen and oxygen atoms in total. The first-order valence-corrected chi connectivity index (χ1v) is 7.00. The fourth-order valence-electron chi connectivity index (χ4n) is 2.15. The van der Waals surface area contributed by atoms with Crippen molar-refractivity contribution < 1.29 is 9.53 Å². The van der Waals surface area contributed by atoms with Crippen LogP contribution in [-0.4, -0.2) is 17.3 Å². The summed E-state index contributed by atoms with van der Waals surface area (Å²) < 4.78 is 6.81. The van der Waals surface area contributed by atoms with Crippen molar-refractivity contribution in [3.63, 3.8) is 0 Å². The highest BCUT2D eigenvalue weighted by molar-refractivity contribution is 7.13. The second-order valence-electron chi connectivity index (χ2n) is 4.10. The highest BCUT2D eigenvalue weighted by Gasteiger charge is 2.17. The van der Waals surface area contributed by atoms with Gasteiger partial charge in [-0.2, -0.15) is 0 Å². The third-order valence-electron chi connectivity index (χ3n) is 2.93. The number of rotatable bonds is 2. The van der Waals surface area contributed by atoms with Crippen LogP contribution in [0.25, 0.3) is 21.5 Å². The summed E-state index contributed by atoms with van der Waals surface area (Å²) in [5, 5.41) is 3.04. The summed E-state index contributed by atoms with van der Waals surface area (Å²) in [7, 11) is 0. The Morgan fingerprint density at radius 3 is 2.84 bits per heavy atom. The van der Waals surface area contributed by atoms with Crippen LogP contribution in [0.4, 0.5) is 4.79 Å². The maximum atomic E-state index is 12.2. The molecular formula is C15H13NO2S. The highest BCUT2D eigenvalue weighted by atomic mass is 32.1. The molecule has 0 fully saturated rings. The molecule has 3 aromatic rings. The predicted molar refractivity (Wildman–Crippen MR) is 77.7 cm³/mol. The van der Waals surface area contributed by atoms with E-state index in [1.165, 1.54) is 0 Å². The normalized spacial score (nSPS) is 10.8. The van der Waals surface area contributed by atoms with Crippen LogP contribution in [-0.2, 0) is 4.74 Å². The molecule has 3 rings (SSSR count). The molecule has 0 saturated heterocycles. The minimum absolute atomic E-state index is 0.327. The van der Waals surface area contributed by atoms with Crippen molar-refractivity contribution in [3.05, 3.63) is 47.8 Å². The molecule has 2 aromatic heterocycles. The summed E-state index contributed by atoms with van der Waals surface area (Å²) in [6.07, 6.45) is -0.327. The molecule has 4 heteroatoms. The number of carbonyl (C=O) groups is 1. The van der Waals surface area contributed by atoms with E-state index in [9.17, 15) is 4.79 Å². The summed E-state index contributed by atoms with van der Waals surface area (Å²) in [5.74, 6) is 0. The van der Waals surface area contributed by atoms with Crippen LogP contribution in [0, 0.1) is 0 Å². The van der Waals surface area contributed by atoms with Crippen molar-refractivity contribution in [2.45, 2.75) is 6.92 Å². The molecule has 0 amide bonds. The highest BCUT2D eigenvalue weighted by Crippen LogP contribution is 2.31. The third kappa shape index (κ3) is 2.04. The number of hydrogen-bond acceptors (Lipinski definition) is 3. The molecule has 0 saturated carbocycles. The molecule has 0 unspecified atom stereocenters. The Morgan fingerprint density at radius 2 is 2.11 bits per heavy atom. The van der Waals surface area contributed by atoms with Crippen LogP contribution in [0.15, 0.2) is 47.8 Å². The Hall–Kier alpha value is -2.07. The Kier molecular flexibility index (Phi) is 3.09. The number of carbonyl (C=O) groups excluding carboxylic acids is 1. The second-order valence-corrected chi connectivity index (χ2v) is 5.05. The van der Waals surface area contributed by atoms with Crippen molar-refractivity contribution in [1.82, 2.24) is 4.57 Å². The van der Waals surface area contributed by atoms with Crippen molar-refractivity contribution in [3.8, 4) is 10.6 Å². The molecule has 0 aliphatic rings. The van der Waals surface area contributed by atoms with Crippen molar-refractivity contribution in [1.29, 1.82) is 0 Å². The molecule has 0 radical (unpaired) electrons. The molecule has 0 spiro atoms. The average molecular weight is 271 g/mol. The lowest BCUT2D eigenvalue weighted by Crippen LogP contribution is -2.14. The van der Waals surface area contributed by atoms with Gasteiger partial charge in [-0.3, -0.25) is 0 Å². The lowest BCUT2D eigenvalue weighted by Gasteiger charge is -2.07. The standard InChI is InChI=1S/C15H13NO2S/c1-2-18-15(17)16-12-7-4-3-6-11(12)10-13(16)14-8-5-9-19-14/h3-10H,2H2,1H3. The third-order valence-corrected chi connectivity index (χ3v) is 3.83. The van der Waals surface area contributed by atoms with Gasteiger partial charge in [-0.1, -0.05) is 24.3 Å². The topological polar surface area (TPSA) is 31.2 Å². The van der Waals surface area contributed by atoms with Gasteiger partial charge in [0, 0.05) is 5.39 Å². The molecule has 0 aliphatic heterocycles. The van der Waals surface area contributed by atoms with Crippen molar-refractivity contribution in [2.75, 3.05) is 6.61 Å². The smallest absolute Gasteiger partial charge is 0.418 e. The predicted octanol–water partition coefficient (Wildman–Crippen LogP) is 4.37. The van der Waals surface area contributed by atoms with Crippen LogP contribution in [0.3, 0.4) is 0 Å². The number of para-hydroxylation sites is 1. The van der Waals surface area contributed by atoms with Gasteiger partial charge < -0.3 is 4.74 Å². The van der Waals surface area contributed by atoms with Gasteiger partial charge in [-0.05, 0) is 30.5 Å². The Bertz CT molecular complexity index is 713. The minimum Gasteiger partial charge on any atom is -0.449 e. The Balaban J connectivity index is 2.25. The maximum Gasteiger partial charge on any atom is 0.418 e. The Morgan fingerprint density at radius 1 is 1.26 bits per heavy atom. The summed E-state index contributed by atoms with van der Waals surface area (Å²) in [6, 6.07) is 13.8. The number of aromatic nitrogens is 1. The van der Waals surface area contributed by atoms with E-state index in [1.807, 2.05) is 54.8 Å². The van der Waals surface area contributed by atoms with Gasteiger partial charge in [0.25, 0.3) is 0 Å². The monoisotopic (exact) mass is 271 g/mol. The van der Waals surface area contributed by atoms with Gasteiger partial charge in [0.1, 0.15) is 0 Å². The summed E-state index contributed by atoms with van der Waals surface area (Å²) >= 11 is 1.61. The maximum absolute atomic E-state index is 12.2. The molecular weight excluding hydrogens is 258 g/mol. The van der Waals surface area contributed by atoms with E-state index >= 15 is 0 Å². The van der Waals surface area contributed by atoms with Crippen LogP contribution in [0.5, 0.6) is 0 Å². The van der Waals surface area contributed by atoms with E-state index < -0.39 is 0 Å². The number of ether oxygens (including phenoxy) is 1. The number of benzene rings is 1. The number of hydrogen-bond donors (Lipinski definition) is 0. The van der Waals surface area contributed by atoms with E-state index in [4.69, 9.17) is 4.74 Å². The van der Waals surface area contributed by atoms with Crippen LogP contribution in [0.2, 0.25) is 0 Å². The fourth-order valence-corrected chi connectivity index (χ4v) is 2.88. The largest absolute Gasteiger partial charge is 0.449 e. The molecule has 0 atom stereocenters. The van der Waals surface area contributed by atoms with Gasteiger partial charge in [0.15, 0.2) is 0 Å². The molecule has 96 valence electrons. The Labute approximate surface area is 115 Å². The quantitative estimate of drug-likeness (QED) is 0.693. The van der Waals surface area contributed by atoms with Gasteiger partial charge in [0.2, 0.25) is 0 Å². The average Bonchev–Trinajstić information content (AvgIpc) is 3.06. The number of fused-ring (bicyclic) bond motifs is 1. The molecule has 2 heterocycles. The second kappa shape index (κ2) is 4.90. The van der Waals surface area contributed by atoms with E-state index in [1.54, 1.807) is 15.9 Å². The zero-order chi connectivity index (χ0) is 13.2. The van der Waals surface area contributed by atoms with Crippen LogP contribution >= 0.6 is 11.3 Å². The van der Waals surface area contributed by atoms with Crippen molar-refractivity contribution in [2.24, 2.45) is 0 Å². The molecule has 1 aromatic carbocycles. The first-order chi connectivity index (χ1) is 9.31. The fraction of sp³-hybridized carbons (Fsp3) is 0.133. The first-order valence-electron chi connectivity index (χ1n) is 6.12. The lowest BCUT2D eigenvalue weighted by molar-refractivity contribution is 0.155. The lowest BCUT2D eigenvalue weighted by atomic mass is 10.2. The summed E-state index contributed by atoms with van der Waals surface area (Å²) in [4.78, 5) is 13.2. The molecule has 0 aliphatic carbocycles. The van der Waals surface area contributed by atoms with Gasteiger partial charge >= 0.3 is 6.09 Å². The van der Waals surface area contributed by atoms with E-state index in [0.29, 0.717) is 6.61 Å². The molecule has 0 bridgehead atoms. The SMILES string of the molecule is CCOC(=O)n1c(-c2cccs2)cc2ccccc21. The van der Waals surface area contributed by atoms with E-state index in [-0.39, 0.29) is 6.09 Å². The van der Waals surface area contributed by atoms with E-state index in [2.05, 4.69) is 0 Å². The number of thiophene rings is 1. The molecule has 19 heavy (non-hydrogen) atoms. The molecule has 0 N–H and O–H groups in total. The van der Waals surface area contributed by atoms with Crippen LogP contribution < -0.4 is 0 Å². The van der Waals surface area contributed by atoms with Gasteiger partial charge in [0.05, 0.1) is 22.7 Å². The van der Waals surface area contributed by atoms with E-state index in [0.717, 1.165) is 21.5 Å². The van der Waals surface area contributed by atoms with Gasteiger partial charge in [-0.15, -0.1) is 11.3 Å². The van der Waals surface area contributed by atoms with Crippen LogP contribution in [0.1, 0.15) is 6.92 Å². The summed E-state index contributed by atoms with van der Waals surface area (Å²) in [5.41, 5.74) is 1.76.